The number of aryl methyl sites for hydroxylation is 2. The Bertz CT molecular complexity index is 558. The lowest BCUT2D eigenvalue weighted by molar-refractivity contribution is 0.0683. The highest BCUT2D eigenvalue weighted by Crippen LogP contribution is 2.09. The molecule has 1 N–H and O–H groups in total. The molecule has 0 saturated carbocycles. The van der Waals surface area contributed by atoms with Crippen molar-refractivity contribution < 1.29 is 9.90 Å². The molecule has 2 aromatic rings. The van der Waals surface area contributed by atoms with Crippen molar-refractivity contribution in [2.75, 3.05) is 0 Å². The summed E-state index contributed by atoms with van der Waals surface area (Å²) in [6.07, 6.45) is 3.36. The summed E-state index contributed by atoms with van der Waals surface area (Å²) >= 11 is 0. The third kappa shape index (κ3) is 2.24. The van der Waals surface area contributed by atoms with Gasteiger partial charge in [-0.1, -0.05) is 6.92 Å². The molecule has 0 aliphatic heterocycles. The van der Waals surface area contributed by atoms with E-state index in [4.69, 9.17) is 5.11 Å². The molecule has 96 valence electrons. The molecule has 0 spiro atoms. The monoisotopic (exact) mass is 249 g/mol. The van der Waals surface area contributed by atoms with Crippen LogP contribution in [-0.2, 0) is 13.0 Å². The Labute approximate surface area is 104 Å². The summed E-state index contributed by atoms with van der Waals surface area (Å²) in [7, 11) is 0. The van der Waals surface area contributed by atoms with Crippen molar-refractivity contribution >= 4 is 5.97 Å². The quantitative estimate of drug-likeness (QED) is 0.858. The minimum Gasteiger partial charge on any atom is -0.475 e. The van der Waals surface area contributed by atoms with Gasteiger partial charge in [0.05, 0.1) is 0 Å². The van der Waals surface area contributed by atoms with Gasteiger partial charge in [0.15, 0.2) is 5.82 Å². The van der Waals surface area contributed by atoms with Gasteiger partial charge in [-0.2, -0.15) is 9.78 Å². The lowest BCUT2D eigenvalue weighted by Crippen LogP contribution is -2.06. The fourth-order valence-corrected chi connectivity index (χ4v) is 1.64. The van der Waals surface area contributed by atoms with Crippen LogP contribution in [0.5, 0.6) is 0 Å². The maximum absolute atomic E-state index is 10.9. The first-order chi connectivity index (χ1) is 8.65. The summed E-state index contributed by atoms with van der Waals surface area (Å²) in [5, 5.41) is 17.2. The molecule has 7 nitrogen and oxygen atoms in total. The van der Waals surface area contributed by atoms with E-state index in [-0.39, 0.29) is 5.82 Å². The molecule has 2 rings (SSSR count). The molecule has 2 heterocycles. The maximum atomic E-state index is 10.9. The van der Waals surface area contributed by atoms with Crippen molar-refractivity contribution in [3.05, 3.63) is 23.9 Å². The smallest absolute Gasteiger partial charge is 0.375 e. The average Bonchev–Trinajstić information content (AvgIpc) is 2.94. The van der Waals surface area contributed by atoms with E-state index < -0.39 is 5.97 Å². The number of rotatable bonds is 5. The van der Waals surface area contributed by atoms with E-state index in [1.165, 1.54) is 4.68 Å². The number of carboxylic acid groups (broad SMARTS) is 1. The van der Waals surface area contributed by atoms with Crippen LogP contribution in [0.3, 0.4) is 0 Å². The van der Waals surface area contributed by atoms with Crippen LogP contribution in [0.2, 0.25) is 0 Å². The molecule has 7 heteroatoms. The number of hydrogen-bond donors (Lipinski definition) is 1. The predicted octanol–water partition coefficient (Wildman–Crippen LogP) is 1.13. The van der Waals surface area contributed by atoms with Crippen LogP contribution in [-0.4, -0.2) is 35.6 Å². The second kappa shape index (κ2) is 4.99. The molecule has 0 bridgehead atoms. The van der Waals surface area contributed by atoms with E-state index in [2.05, 4.69) is 15.2 Å². The first kappa shape index (κ1) is 12.3. The van der Waals surface area contributed by atoms with E-state index in [0.29, 0.717) is 18.1 Å². The van der Waals surface area contributed by atoms with Gasteiger partial charge in [-0.25, -0.2) is 9.78 Å². The fourth-order valence-electron chi connectivity index (χ4n) is 1.64. The van der Waals surface area contributed by atoms with Crippen LogP contribution in [0, 0.1) is 0 Å². The summed E-state index contributed by atoms with van der Waals surface area (Å²) in [5.74, 6) is -0.0953. The van der Waals surface area contributed by atoms with Crippen molar-refractivity contribution in [2.24, 2.45) is 0 Å². The number of carbonyl (C=O) groups is 1. The molecule has 0 unspecified atom stereocenters. The zero-order valence-electron chi connectivity index (χ0n) is 10.4. The number of aromatic nitrogens is 5. The van der Waals surface area contributed by atoms with Gasteiger partial charge >= 0.3 is 5.97 Å². The van der Waals surface area contributed by atoms with Gasteiger partial charge in [-0.15, -0.1) is 5.10 Å². The molecule has 18 heavy (non-hydrogen) atoms. The molecule has 0 saturated heterocycles. The Morgan fingerprint density at radius 1 is 1.39 bits per heavy atom. The first-order valence-electron chi connectivity index (χ1n) is 5.88. The van der Waals surface area contributed by atoms with Crippen molar-refractivity contribution in [3.63, 3.8) is 0 Å². The van der Waals surface area contributed by atoms with Crippen LogP contribution >= 0.6 is 0 Å². The van der Waals surface area contributed by atoms with E-state index >= 15 is 0 Å². The van der Waals surface area contributed by atoms with Gasteiger partial charge < -0.3 is 5.11 Å². The molecule has 0 aliphatic rings. The lowest BCUT2D eigenvalue weighted by Gasteiger charge is -2.00. The van der Waals surface area contributed by atoms with Gasteiger partial charge in [0.25, 0.3) is 5.82 Å². The van der Waals surface area contributed by atoms with E-state index in [1.807, 2.05) is 20.0 Å². The zero-order chi connectivity index (χ0) is 13.1. The third-order valence-electron chi connectivity index (χ3n) is 2.51. The molecule has 0 atom stereocenters. The Hall–Kier alpha value is -2.18. The number of carboxylic acids is 1. The molecule has 0 aliphatic carbocycles. The summed E-state index contributed by atoms with van der Waals surface area (Å²) in [4.78, 5) is 14.9. The second-order valence-electron chi connectivity index (χ2n) is 3.85. The Balaban J connectivity index is 2.43. The number of aromatic carboxylic acids is 1. The van der Waals surface area contributed by atoms with E-state index in [9.17, 15) is 4.79 Å². The SMILES string of the molecule is CCCc1nc(C(=O)O)nn1-c1ccn(CC)n1. The summed E-state index contributed by atoms with van der Waals surface area (Å²) < 4.78 is 3.26. The van der Waals surface area contributed by atoms with Gasteiger partial charge in [0, 0.05) is 25.2 Å². The van der Waals surface area contributed by atoms with Crippen molar-refractivity contribution in [1.82, 2.24) is 24.5 Å². The fraction of sp³-hybridized carbons (Fsp3) is 0.455. The molecule has 0 aromatic carbocycles. The first-order valence-corrected chi connectivity index (χ1v) is 5.88. The highest BCUT2D eigenvalue weighted by molar-refractivity contribution is 5.83. The van der Waals surface area contributed by atoms with E-state index in [1.54, 1.807) is 10.7 Å². The summed E-state index contributed by atoms with van der Waals surface area (Å²) in [6.45, 7) is 4.74. The Morgan fingerprint density at radius 3 is 2.72 bits per heavy atom. The van der Waals surface area contributed by atoms with Crippen LogP contribution in [0.1, 0.15) is 36.7 Å². The zero-order valence-corrected chi connectivity index (χ0v) is 10.4. The van der Waals surface area contributed by atoms with Gasteiger partial charge in [-0.05, 0) is 13.3 Å². The summed E-state index contributed by atoms with van der Waals surface area (Å²) in [6, 6.07) is 1.79. The molecule has 0 radical (unpaired) electrons. The largest absolute Gasteiger partial charge is 0.475 e. The van der Waals surface area contributed by atoms with Crippen LogP contribution in [0.25, 0.3) is 5.82 Å². The van der Waals surface area contributed by atoms with Crippen LogP contribution < -0.4 is 0 Å². The Kier molecular flexibility index (Phi) is 3.40. The minimum absolute atomic E-state index is 0.190. The standard InChI is InChI=1S/C11H15N5O2/c1-3-5-8-12-10(11(17)18)14-16(8)9-6-7-15(4-2)13-9/h6-7H,3-5H2,1-2H3,(H,17,18). The van der Waals surface area contributed by atoms with Crippen molar-refractivity contribution in [2.45, 2.75) is 33.2 Å². The van der Waals surface area contributed by atoms with Gasteiger partial charge in [-0.3, -0.25) is 4.68 Å². The molecular weight excluding hydrogens is 234 g/mol. The molecule has 0 fully saturated rings. The lowest BCUT2D eigenvalue weighted by atomic mass is 10.3. The van der Waals surface area contributed by atoms with Crippen LogP contribution in [0.4, 0.5) is 0 Å². The van der Waals surface area contributed by atoms with Crippen molar-refractivity contribution in [3.8, 4) is 5.82 Å². The van der Waals surface area contributed by atoms with Crippen LogP contribution in [0.15, 0.2) is 12.3 Å². The normalized spacial score (nSPS) is 10.8. The number of hydrogen-bond acceptors (Lipinski definition) is 4. The molecule has 0 amide bonds. The Morgan fingerprint density at radius 2 is 2.17 bits per heavy atom. The van der Waals surface area contributed by atoms with Gasteiger partial charge in [0.2, 0.25) is 0 Å². The highest BCUT2D eigenvalue weighted by atomic mass is 16.4. The topological polar surface area (TPSA) is 85.8 Å². The van der Waals surface area contributed by atoms with Crippen molar-refractivity contribution in [1.29, 1.82) is 0 Å². The molecular formula is C11H15N5O2. The second-order valence-corrected chi connectivity index (χ2v) is 3.85. The predicted molar refractivity (Wildman–Crippen MR) is 63.8 cm³/mol. The van der Waals surface area contributed by atoms with Gasteiger partial charge in [0.1, 0.15) is 5.82 Å². The number of nitrogens with zero attached hydrogens (tertiary/aromatic N) is 5. The third-order valence-corrected chi connectivity index (χ3v) is 2.51. The minimum atomic E-state index is -1.12. The maximum Gasteiger partial charge on any atom is 0.375 e. The average molecular weight is 249 g/mol. The molecule has 2 aromatic heterocycles. The highest BCUT2D eigenvalue weighted by Gasteiger charge is 2.17. The van der Waals surface area contributed by atoms with E-state index in [0.717, 1.165) is 13.0 Å². The summed E-state index contributed by atoms with van der Waals surface area (Å²) in [5.41, 5.74) is 0.